The first-order chi connectivity index (χ1) is 17.0. The van der Waals surface area contributed by atoms with Gasteiger partial charge in [-0.3, -0.25) is 19.9 Å². The molecule has 1 aromatic carbocycles. The quantitative estimate of drug-likeness (QED) is 0.289. The maximum absolute atomic E-state index is 11.8. The van der Waals surface area contributed by atoms with Crippen molar-refractivity contribution in [2.75, 3.05) is 19.0 Å². The van der Waals surface area contributed by atoms with Crippen LogP contribution in [0.2, 0.25) is 0 Å². The van der Waals surface area contributed by atoms with Gasteiger partial charge in [0.05, 0.1) is 39.9 Å². The van der Waals surface area contributed by atoms with Gasteiger partial charge in [-0.25, -0.2) is 0 Å². The molecule has 0 unspecified atom stereocenters. The van der Waals surface area contributed by atoms with E-state index in [1.807, 2.05) is 55.8 Å². The Balaban J connectivity index is 1.46. The minimum Gasteiger partial charge on any atom is -0.376 e. The number of H-pyrrole nitrogens is 2. The van der Waals surface area contributed by atoms with Crippen molar-refractivity contribution in [3.63, 3.8) is 0 Å². The molecule has 6 rings (SSSR count). The summed E-state index contributed by atoms with van der Waals surface area (Å²) in [7, 11) is 3.99. The minimum absolute atomic E-state index is 0.0851. The molecular formula is C27H22N6OS. The molecule has 0 fully saturated rings. The number of rotatable bonds is 5. The normalized spacial score (nSPS) is 11.4. The van der Waals surface area contributed by atoms with Crippen LogP contribution in [0.4, 0.5) is 5.69 Å². The van der Waals surface area contributed by atoms with E-state index >= 15 is 0 Å². The number of fused-ring (bicyclic) bond motifs is 2. The first-order valence-corrected chi connectivity index (χ1v) is 12.0. The zero-order valence-electron chi connectivity index (χ0n) is 19.5. The van der Waals surface area contributed by atoms with E-state index in [1.54, 1.807) is 6.92 Å². The van der Waals surface area contributed by atoms with Crippen molar-refractivity contribution in [2.24, 2.45) is 0 Å². The number of hydrogen-bond acceptors (Lipinski definition) is 6. The first kappa shape index (κ1) is 21.2. The van der Waals surface area contributed by atoms with Gasteiger partial charge in [-0.15, -0.1) is 11.3 Å². The number of hydrogen-bond donors (Lipinski definition) is 2. The number of benzene rings is 1. The van der Waals surface area contributed by atoms with Crippen LogP contribution in [0.1, 0.15) is 16.6 Å². The Morgan fingerprint density at radius 3 is 2.66 bits per heavy atom. The molecule has 0 radical (unpaired) electrons. The maximum atomic E-state index is 11.8. The van der Waals surface area contributed by atoms with Crippen molar-refractivity contribution >= 4 is 44.6 Å². The van der Waals surface area contributed by atoms with E-state index < -0.39 is 0 Å². The standard InChI is InChI=1S/C27H22N6OS/c1-15(34)25-7-8-26(35-25)18-5-4-6-21-19(18)10-23(30-21)27-20-11-22(29-14-24(20)31-32-27)16-9-17(33(2)3)13-28-12-16/h4-14,30H,1-3H3,(H,31,32). The van der Waals surface area contributed by atoms with Gasteiger partial charge >= 0.3 is 0 Å². The van der Waals surface area contributed by atoms with Crippen molar-refractivity contribution in [3.05, 3.63) is 72.0 Å². The lowest BCUT2D eigenvalue weighted by atomic mass is 10.1. The Labute approximate surface area is 205 Å². The zero-order chi connectivity index (χ0) is 24.1. The smallest absolute Gasteiger partial charge is 0.169 e. The van der Waals surface area contributed by atoms with Crippen molar-refractivity contribution < 1.29 is 4.79 Å². The molecule has 7 nitrogen and oxygen atoms in total. The van der Waals surface area contributed by atoms with Crippen molar-refractivity contribution in [2.45, 2.75) is 6.92 Å². The van der Waals surface area contributed by atoms with Gasteiger partial charge in [0.2, 0.25) is 0 Å². The molecule has 0 amide bonds. The van der Waals surface area contributed by atoms with Crippen LogP contribution >= 0.6 is 11.3 Å². The second kappa shape index (κ2) is 8.18. The summed E-state index contributed by atoms with van der Waals surface area (Å²) >= 11 is 1.52. The fourth-order valence-corrected chi connectivity index (χ4v) is 5.20. The fourth-order valence-electron chi connectivity index (χ4n) is 4.26. The monoisotopic (exact) mass is 478 g/mol. The van der Waals surface area contributed by atoms with E-state index in [9.17, 15) is 4.79 Å². The van der Waals surface area contributed by atoms with Gasteiger partial charge in [-0.1, -0.05) is 12.1 Å². The SMILES string of the molecule is CC(=O)c1ccc(-c2cccc3[nH]c(-c4n[nH]c5cnc(-c6cncc(N(C)C)c6)cc45)cc23)s1. The van der Waals surface area contributed by atoms with E-state index in [-0.39, 0.29) is 5.78 Å². The van der Waals surface area contributed by atoms with Crippen LogP contribution in [0, 0.1) is 0 Å². The number of ketones is 1. The number of thiophene rings is 1. The average molecular weight is 479 g/mol. The molecule has 0 saturated heterocycles. The second-order valence-corrected chi connectivity index (χ2v) is 9.77. The predicted molar refractivity (Wildman–Crippen MR) is 142 cm³/mol. The highest BCUT2D eigenvalue weighted by Gasteiger charge is 2.16. The molecule has 5 heterocycles. The molecule has 172 valence electrons. The summed E-state index contributed by atoms with van der Waals surface area (Å²) in [6.07, 6.45) is 5.47. The van der Waals surface area contributed by atoms with Crippen LogP contribution in [0.3, 0.4) is 0 Å². The molecule has 0 aliphatic heterocycles. The molecule has 6 aromatic rings. The fraction of sp³-hybridized carbons (Fsp3) is 0.111. The third-order valence-electron chi connectivity index (χ3n) is 6.12. The van der Waals surface area contributed by atoms with Gasteiger partial charge in [0.1, 0.15) is 5.69 Å². The first-order valence-electron chi connectivity index (χ1n) is 11.2. The van der Waals surface area contributed by atoms with E-state index in [0.717, 1.165) is 65.5 Å². The van der Waals surface area contributed by atoms with Crippen LogP contribution in [-0.4, -0.2) is 45.0 Å². The number of aromatic nitrogens is 5. The van der Waals surface area contributed by atoms with E-state index in [0.29, 0.717) is 0 Å². The summed E-state index contributed by atoms with van der Waals surface area (Å²) in [5.41, 5.74) is 7.52. The van der Waals surface area contributed by atoms with Crippen molar-refractivity contribution in [3.8, 4) is 33.1 Å². The Kier molecular flexibility index (Phi) is 4.96. The summed E-state index contributed by atoms with van der Waals surface area (Å²) in [4.78, 5) is 28.2. The molecule has 0 aliphatic carbocycles. The maximum Gasteiger partial charge on any atom is 0.169 e. The zero-order valence-corrected chi connectivity index (χ0v) is 20.3. The number of carbonyl (C=O) groups is 1. The van der Waals surface area contributed by atoms with E-state index in [1.165, 1.54) is 11.3 Å². The lowest BCUT2D eigenvalue weighted by Crippen LogP contribution is -2.08. The minimum atomic E-state index is 0.0851. The second-order valence-electron chi connectivity index (χ2n) is 8.68. The molecule has 0 saturated carbocycles. The summed E-state index contributed by atoms with van der Waals surface area (Å²) in [6, 6.07) is 16.3. The van der Waals surface area contributed by atoms with Gasteiger partial charge in [-0.05, 0) is 43.3 Å². The van der Waals surface area contributed by atoms with Crippen LogP contribution in [-0.2, 0) is 0 Å². The summed E-state index contributed by atoms with van der Waals surface area (Å²) in [5, 5.41) is 9.79. The lowest BCUT2D eigenvalue weighted by molar-refractivity contribution is 0.102. The van der Waals surface area contributed by atoms with Gasteiger partial charge in [0.25, 0.3) is 0 Å². The largest absolute Gasteiger partial charge is 0.376 e. The summed E-state index contributed by atoms with van der Waals surface area (Å²) in [5.74, 6) is 0.0851. The molecule has 0 aliphatic rings. The molecule has 35 heavy (non-hydrogen) atoms. The number of carbonyl (C=O) groups excluding carboxylic acids is 1. The number of aromatic amines is 2. The lowest BCUT2D eigenvalue weighted by Gasteiger charge is -2.12. The van der Waals surface area contributed by atoms with Crippen LogP contribution in [0.25, 0.3) is 54.9 Å². The molecule has 0 bridgehead atoms. The number of anilines is 1. The molecular weight excluding hydrogens is 456 g/mol. The molecule has 5 aromatic heterocycles. The average Bonchev–Trinajstić information content (AvgIpc) is 3.61. The van der Waals surface area contributed by atoms with Gasteiger partial charge < -0.3 is 9.88 Å². The molecule has 8 heteroatoms. The molecule has 0 spiro atoms. The third kappa shape index (κ3) is 3.68. The van der Waals surface area contributed by atoms with Gasteiger partial charge in [-0.2, -0.15) is 5.10 Å². The summed E-state index contributed by atoms with van der Waals surface area (Å²) < 4.78 is 0. The van der Waals surface area contributed by atoms with Crippen LogP contribution < -0.4 is 4.90 Å². The predicted octanol–water partition coefficient (Wildman–Crippen LogP) is 6.17. The Morgan fingerprint density at radius 1 is 0.971 bits per heavy atom. The third-order valence-corrected chi connectivity index (χ3v) is 7.34. The number of nitrogens with one attached hydrogen (secondary N) is 2. The molecule has 0 atom stereocenters. The topological polar surface area (TPSA) is 90.6 Å². The molecule has 2 N–H and O–H groups in total. The van der Waals surface area contributed by atoms with E-state index in [4.69, 9.17) is 0 Å². The Bertz CT molecular complexity index is 1720. The number of Topliss-reactive ketones (excluding diaryl/α,β-unsaturated/α-hetero) is 1. The van der Waals surface area contributed by atoms with E-state index in [2.05, 4.69) is 55.5 Å². The highest BCUT2D eigenvalue weighted by molar-refractivity contribution is 7.17. The van der Waals surface area contributed by atoms with Crippen molar-refractivity contribution in [1.82, 2.24) is 25.1 Å². The summed E-state index contributed by atoms with van der Waals surface area (Å²) in [6.45, 7) is 1.60. The number of pyridine rings is 2. The Hall–Kier alpha value is -4.30. The Morgan fingerprint density at radius 2 is 1.86 bits per heavy atom. The van der Waals surface area contributed by atoms with Crippen LogP contribution in [0.15, 0.2) is 67.1 Å². The van der Waals surface area contributed by atoms with Gasteiger partial charge in [0.15, 0.2) is 5.78 Å². The van der Waals surface area contributed by atoms with Crippen molar-refractivity contribution in [1.29, 1.82) is 0 Å². The highest BCUT2D eigenvalue weighted by atomic mass is 32.1. The highest BCUT2D eigenvalue weighted by Crippen LogP contribution is 2.37. The van der Waals surface area contributed by atoms with Gasteiger partial charge in [0, 0.05) is 52.6 Å². The van der Waals surface area contributed by atoms with Crippen LogP contribution in [0.5, 0.6) is 0 Å². The number of nitrogens with zero attached hydrogens (tertiary/aromatic N) is 4.